The van der Waals surface area contributed by atoms with E-state index in [1.165, 1.54) is 5.56 Å². The first-order chi connectivity index (χ1) is 11.1. The number of rotatable bonds is 5. The lowest BCUT2D eigenvalue weighted by Crippen LogP contribution is -2.51. The summed E-state index contributed by atoms with van der Waals surface area (Å²) in [6, 6.07) is 17.7. The van der Waals surface area contributed by atoms with Crippen LogP contribution >= 0.6 is 28.3 Å². The SMILES string of the molecule is Cl.NC(CC(=O)NC1(c2ccc(Br)cc2)CCC1)c1ccccc1. The molecule has 0 aromatic heterocycles. The van der Waals surface area contributed by atoms with Gasteiger partial charge in [-0.05, 0) is 42.5 Å². The molecule has 1 aliphatic rings. The van der Waals surface area contributed by atoms with E-state index in [4.69, 9.17) is 5.73 Å². The Morgan fingerprint density at radius 2 is 1.75 bits per heavy atom. The van der Waals surface area contributed by atoms with Gasteiger partial charge in [-0.15, -0.1) is 12.4 Å². The summed E-state index contributed by atoms with van der Waals surface area (Å²) < 4.78 is 1.05. The first kappa shape index (κ1) is 19.0. The highest BCUT2D eigenvalue weighted by atomic mass is 79.9. The molecule has 3 rings (SSSR count). The molecule has 3 nitrogen and oxygen atoms in total. The van der Waals surface area contributed by atoms with Gasteiger partial charge in [0.25, 0.3) is 0 Å². The van der Waals surface area contributed by atoms with Crippen LogP contribution in [0.25, 0.3) is 0 Å². The molecular weight excluding hydrogens is 388 g/mol. The van der Waals surface area contributed by atoms with E-state index in [1.54, 1.807) is 0 Å². The van der Waals surface area contributed by atoms with Gasteiger partial charge in [0, 0.05) is 16.9 Å². The highest BCUT2D eigenvalue weighted by Crippen LogP contribution is 2.41. The summed E-state index contributed by atoms with van der Waals surface area (Å²) in [5, 5.41) is 3.23. The van der Waals surface area contributed by atoms with Gasteiger partial charge in [-0.1, -0.05) is 58.4 Å². The van der Waals surface area contributed by atoms with Gasteiger partial charge in [-0.3, -0.25) is 4.79 Å². The third kappa shape index (κ3) is 4.18. The predicted molar refractivity (Wildman–Crippen MR) is 103 cm³/mol. The van der Waals surface area contributed by atoms with Crippen molar-refractivity contribution in [2.24, 2.45) is 5.73 Å². The summed E-state index contributed by atoms with van der Waals surface area (Å²) in [5.41, 5.74) is 8.12. The molecule has 0 aliphatic heterocycles. The van der Waals surface area contributed by atoms with Gasteiger partial charge in [-0.2, -0.15) is 0 Å². The van der Waals surface area contributed by atoms with Crippen LogP contribution in [0.4, 0.5) is 0 Å². The summed E-state index contributed by atoms with van der Waals surface area (Å²) in [7, 11) is 0. The third-order valence-electron chi connectivity index (χ3n) is 4.62. The van der Waals surface area contributed by atoms with E-state index in [2.05, 4.69) is 33.4 Å². The Morgan fingerprint density at radius 1 is 1.12 bits per heavy atom. The van der Waals surface area contributed by atoms with E-state index in [9.17, 15) is 4.79 Å². The van der Waals surface area contributed by atoms with Crippen LogP contribution in [0, 0.1) is 0 Å². The van der Waals surface area contributed by atoms with Crippen molar-refractivity contribution in [3.63, 3.8) is 0 Å². The second-order valence-electron chi connectivity index (χ2n) is 6.21. The van der Waals surface area contributed by atoms with Crippen molar-refractivity contribution < 1.29 is 4.79 Å². The minimum absolute atomic E-state index is 0. The number of halogens is 2. The normalized spacial score (nSPS) is 16.4. The fourth-order valence-corrected chi connectivity index (χ4v) is 3.39. The lowest BCUT2D eigenvalue weighted by Gasteiger charge is -2.43. The number of hydrogen-bond donors (Lipinski definition) is 2. The highest BCUT2D eigenvalue weighted by Gasteiger charge is 2.40. The molecule has 0 spiro atoms. The number of hydrogen-bond acceptors (Lipinski definition) is 2. The highest BCUT2D eigenvalue weighted by molar-refractivity contribution is 9.10. The molecule has 1 amide bonds. The van der Waals surface area contributed by atoms with Crippen LogP contribution in [0.15, 0.2) is 59.1 Å². The molecule has 128 valence electrons. The number of nitrogens with two attached hydrogens (primary N) is 1. The maximum Gasteiger partial charge on any atom is 0.222 e. The molecule has 2 aromatic rings. The molecule has 5 heteroatoms. The minimum Gasteiger partial charge on any atom is -0.347 e. The second kappa shape index (κ2) is 8.15. The van der Waals surface area contributed by atoms with Crippen LogP contribution in [0.1, 0.15) is 42.9 Å². The molecular formula is C19H22BrClN2O. The van der Waals surface area contributed by atoms with Gasteiger partial charge in [0.2, 0.25) is 5.91 Å². The smallest absolute Gasteiger partial charge is 0.222 e. The Labute approximate surface area is 157 Å². The lowest BCUT2D eigenvalue weighted by atomic mass is 9.71. The van der Waals surface area contributed by atoms with Gasteiger partial charge in [0.15, 0.2) is 0 Å². The zero-order valence-corrected chi connectivity index (χ0v) is 15.8. The lowest BCUT2D eigenvalue weighted by molar-refractivity contribution is -0.124. The maximum absolute atomic E-state index is 12.5. The topological polar surface area (TPSA) is 55.1 Å². The van der Waals surface area contributed by atoms with Crippen molar-refractivity contribution in [1.82, 2.24) is 5.32 Å². The van der Waals surface area contributed by atoms with Crippen molar-refractivity contribution in [1.29, 1.82) is 0 Å². The van der Waals surface area contributed by atoms with Crippen molar-refractivity contribution >= 4 is 34.2 Å². The summed E-state index contributed by atoms with van der Waals surface area (Å²) in [6.07, 6.45) is 3.42. The van der Waals surface area contributed by atoms with Crippen LogP contribution in [-0.2, 0) is 10.3 Å². The van der Waals surface area contributed by atoms with Gasteiger partial charge in [0.1, 0.15) is 0 Å². The van der Waals surface area contributed by atoms with Crippen LogP contribution in [0.2, 0.25) is 0 Å². The fourth-order valence-electron chi connectivity index (χ4n) is 3.12. The summed E-state index contributed by atoms with van der Waals surface area (Å²) >= 11 is 3.46. The van der Waals surface area contributed by atoms with E-state index < -0.39 is 0 Å². The number of benzene rings is 2. The monoisotopic (exact) mass is 408 g/mol. The molecule has 0 saturated heterocycles. The minimum atomic E-state index is -0.266. The molecule has 0 radical (unpaired) electrons. The molecule has 1 aliphatic carbocycles. The maximum atomic E-state index is 12.5. The van der Waals surface area contributed by atoms with Crippen molar-refractivity contribution in [2.75, 3.05) is 0 Å². The van der Waals surface area contributed by atoms with E-state index >= 15 is 0 Å². The number of amides is 1. The molecule has 24 heavy (non-hydrogen) atoms. The van der Waals surface area contributed by atoms with Crippen LogP contribution in [-0.4, -0.2) is 5.91 Å². The summed E-state index contributed by atoms with van der Waals surface area (Å²) in [4.78, 5) is 12.5. The van der Waals surface area contributed by atoms with Gasteiger partial charge >= 0.3 is 0 Å². The second-order valence-corrected chi connectivity index (χ2v) is 7.13. The molecule has 1 fully saturated rings. The average molecular weight is 410 g/mol. The number of nitrogens with one attached hydrogen (secondary N) is 1. The average Bonchev–Trinajstić information content (AvgIpc) is 2.53. The van der Waals surface area contributed by atoms with E-state index in [0.717, 1.165) is 29.3 Å². The van der Waals surface area contributed by atoms with Crippen molar-refractivity contribution in [2.45, 2.75) is 37.3 Å². The van der Waals surface area contributed by atoms with Gasteiger partial charge in [-0.25, -0.2) is 0 Å². The number of carbonyl (C=O) groups excluding carboxylic acids is 1. The quantitative estimate of drug-likeness (QED) is 0.766. The summed E-state index contributed by atoms with van der Waals surface area (Å²) in [5.74, 6) is 0.0176. The first-order valence-electron chi connectivity index (χ1n) is 7.97. The van der Waals surface area contributed by atoms with Crippen LogP contribution < -0.4 is 11.1 Å². The largest absolute Gasteiger partial charge is 0.347 e. The Bertz CT molecular complexity index is 672. The molecule has 2 aromatic carbocycles. The standard InChI is InChI=1S/C19H21BrN2O.ClH/c20-16-9-7-15(8-10-16)19(11-4-12-19)22-18(23)13-17(21)14-5-2-1-3-6-14;/h1-3,5-10,17H,4,11-13,21H2,(H,22,23);1H. The molecule has 0 bridgehead atoms. The summed E-state index contributed by atoms with van der Waals surface area (Å²) in [6.45, 7) is 0. The molecule has 1 atom stereocenters. The first-order valence-corrected chi connectivity index (χ1v) is 8.76. The Kier molecular flexibility index (Phi) is 6.44. The zero-order chi connectivity index (χ0) is 16.3. The van der Waals surface area contributed by atoms with Crippen molar-refractivity contribution in [3.8, 4) is 0 Å². The Balaban J connectivity index is 0.00000208. The van der Waals surface area contributed by atoms with Gasteiger partial charge < -0.3 is 11.1 Å². The Morgan fingerprint density at radius 3 is 2.29 bits per heavy atom. The van der Waals surface area contributed by atoms with E-state index in [0.29, 0.717) is 6.42 Å². The number of carbonyl (C=O) groups is 1. The fraction of sp³-hybridized carbons (Fsp3) is 0.316. The molecule has 1 saturated carbocycles. The van der Waals surface area contributed by atoms with Gasteiger partial charge in [0.05, 0.1) is 5.54 Å². The molecule has 0 heterocycles. The van der Waals surface area contributed by atoms with Crippen molar-refractivity contribution in [3.05, 3.63) is 70.2 Å². The molecule has 1 unspecified atom stereocenters. The van der Waals surface area contributed by atoms with Crippen LogP contribution in [0.3, 0.4) is 0 Å². The predicted octanol–water partition coefficient (Wildman–Crippen LogP) is 4.46. The zero-order valence-electron chi connectivity index (χ0n) is 13.4. The molecule has 3 N–H and O–H groups in total. The van der Waals surface area contributed by atoms with E-state index in [1.807, 2.05) is 42.5 Å². The van der Waals surface area contributed by atoms with E-state index in [-0.39, 0.29) is 29.9 Å². The van der Waals surface area contributed by atoms with Crippen LogP contribution in [0.5, 0.6) is 0 Å². The third-order valence-corrected chi connectivity index (χ3v) is 5.14. The Hall–Kier alpha value is -1.36.